The van der Waals surface area contributed by atoms with Crippen molar-refractivity contribution in [3.05, 3.63) is 65.2 Å². The van der Waals surface area contributed by atoms with E-state index in [1.54, 1.807) is 11.1 Å². The highest BCUT2D eigenvalue weighted by atomic mass is 14.9. The third-order valence-corrected chi connectivity index (χ3v) is 5.72. The van der Waals surface area contributed by atoms with Crippen LogP contribution >= 0.6 is 0 Å². The standard InChI is InChI=1S/C21H25N/c1-14(2)20-17-11-12-18(20)21-16(17)9-6-10-19(21)22-13-15-7-4-3-5-8-15/h3-10,14,17-18,20,22H,11-13H2,1-2H3. The van der Waals surface area contributed by atoms with Crippen LogP contribution in [-0.2, 0) is 6.54 Å². The number of nitrogens with one attached hydrogen (secondary N) is 1. The van der Waals surface area contributed by atoms with Crippen molar-refractivity contribution in [2.75, 3.05) is 5.32 Å². The first-order valence-corrected chi connectivity index (χ1v) is 8.66. The number of rotatable bonds is 4. The van der Waals surface area contributed by atoms with Crippen LogP contribution in [0.25, 0.3) is 0 Å². The van der Waals surface area contributed by atoms with E-state index in [0.29, 0.717) is 0 Å². The van der Waals surface area contributed by atoms with Gasteiger partial charge in [0, 0.05) is 12.2 Å². The number of benzene rings is 2. The molecule has 0 aliphatic heterocycles. The first kappa shape index (κ1) is 13.9. The van der Waals surface area contributed by atoms with Crippen LogP contribution in [0.1, 0.15) is 55.2 Å². The van der Waals surface area contributed by atoms with E-state index in [1.807, 2.05) is 0 Å². The predicted octanol–water partition coefficient (Wildman–Crippen LogP) is 5.55. The molecule has 2 aromatic carbocycles. The number of fused-ring (bicyclic) bond motifs is 5. The summed E-state index contributed by atoms with van der Waals surface area (Å²) >= 11 is 0. The van der Waals surface area contributed by atoms with Gasteiger partial charge in [0.25, 0.3) is 0 Å². The molecule has 3 atom stereocenters. The Morgan fingerprint density at radius 2 is 1.73 bits per heavy atom. The van der Waals surface area contributed by atoms with Crippen LogP contribution in [0.2, 0.25) is 0 Å². The summed E-state index contributed by atoms with van der Waals surface area (Å²) in [6.45, 7) is 5.72. The summed E-state index contributed by atoms with van der Waals surface area (Å²) in [5.41, 5.74) is 5.99. The molecular formula is C21H25N. The number of anilines is 1. The van der Waals surface area contributed by atoms with Crippen molar-refractivity contribution in [2.45, 2.75) is 45.1 Å². The molecule has 4 rings (SSSR count). The lowest BCUT2D eigenvalue weighted by atomic mass is 9.85. The van der Waals surface area contributed by atoms with Crippen molar-refractivity contribution in [3.63, 3.8) is 0 Å². The molecule has 0 aromatic heterocycles. The fourth-order valence-corrected chi connectivity index (χ4v) is 4.92. The van der Waals surface area contributed by atoms with Gasteiger partial charge in [-0.3, -0.25) is 0 Å². The molecule has 1 nitrogen and oxygen atoms in total. The summed E-state index contributed by atoms with van der Waals surface area (Å²) < 4.78 is 0. The van der Waals surface area contributed by atoms with Gasteiger partial charge in [-0.05, 0) is 59.3 Å². The van der Waals surface area contributed by atoms with E-state index in [-0.39, 0.29) is 0 Å². The average molecular weight is 291 g/mol. The van der Waals surface area contributed by atoms with Gasteiger partial charge < -0.3 is 5.32 Å². The molecule has 3 unspecified atom stereocenters. The van der Waals surface area contributed by atoms with E-state index in [9.17, 15) is 0 Å². The Labute approximate surface area is 133 Å². The lowest BCUT2D eigenvalue weighted by molar-refractivity contribution is 0.352. The van der Waals surface area contributed by atoms with Crippen molar-refractivity contribution in [2.24, 2.45) is 11.8 Å². The first-order chi connectivity index (χ1) is 10.8. The second-order valence-corrected chi connectivity index (χ2v) is 7.26. The Kier molecular flexibility index (Phi) is 3.44. The normalized spacial score (nSPS) is 25.5. The molecule has 2 aliphatic carbocycles. The maximum absolute atomic E-state index is 3.71. The van der Waals surface area contributed by atoms with Gasteiger partial charge in [0.2, 0.25) is 0 Å². The van der Waals surface area contributed by atoms with Crippen LogP contribution in [0.3, 0.4) is 0 Å². The molecule has 2 aromatic rings. The second kappa shape index (κ2) is 5.46. The van der Waals surface area contributed by atoms with Gasteiger partial charge in [-0.25, -0.2) is 0 Å². The van der Waals surface area contributed by atoms with Gasteiger partial charge in [0.15, 0.2) is 0 Å². The highest BCUT2D eigenvalue weighted by Gasteiger charge is 2.47. The molecule has 1 heteroatoms. The summed E-state index contributed by atoms with van der Waals surface area (Å²) in [5, 5.41) is 3.71. The molecule has 1 saturated carbocycles. The lowest BCUT2D eigenvalue weighted by Crippen LogP contribution is -2.11. The van der Waals surface area contributed by atoms with E-state index in [4.69, 9.17) is 0 Å². The van der Waals surface area contributed by atoms with Crippen LogP contribution < -0.4 is 5.32 Å². The molecule has 0 heterocycles. The Hall–Kier alpha value is -1.76. The highest BCUT2D eigenvalue weighted by molar-refractivity contribution is 5.61. The second-order valence-electron chi connectivity index (χ2n) is 7.26. The number of hydrogen-bond acceptors (Lipinski definition) is 1. The Morgan fingerprint density at radius 3 is 2.50 bits per heavy atom. The van der Waals surface area contributed by atoms with E-state index >= 15 is 0 Å². The molecule has 2 bridgehead atoms. The molecule has 114 valence electrons. The van der Waals surface area contributed by atoms with Crippen molar-refractivity contribution in [3.8, 4) is 0 Å². The van der Waals surface area contributed by atoms with Gasteiger partial charge in [-0.2, -0.15) is 0 Å². The third-order valence-electron chi connectivity index (χ3n) is 5.72. The minimum Gasteiger partial charge on any atom is -0.381 e. The lowest BCUT2D eigenvalue weighted by Gasteiger charge is -2.21. The van der Waals surface area contributed by atoms with Gasteiger partial charge in [0.1, 0.15) is 0 Å². The van der Waals surface area contributed by atoms with Crippen molar-refractivity contribution in [1.29, 1.82) is 0 Å². The van der Waals surface area contributed by atoms with Crippen molar-refractivity contribution in [1.82, 2.24) is 0 Å². The molecule has 0 spiro atoms. The summed E-state index contributed by atoms with van der Waals surface area (Å²) in [6, 6.07) is 17.6. The largest absolute Gasteiger partial charge is 0.381 e. The van der Waals surface area contributed by atoms with Crippen LogP contribution in [0.5, 0.6) is 0 Å². The SMILES string of the molecule is CC(C)C1C2CCC1c1c(NCc3ccccc3)cccc12. The predicted molar refractivity (Wildman–Crippen MR) is 93.3 cm³/mol. The first-order valence-electron chi connectivity index (χ1n) is 8.66. The van der Waals surface area contributed by atoms with Gasteiger partial charge in [0.05, 0.1) is 0 Å². The van der Waals surface area contributed by atoms with Crippen LogP contribution in [0, 0.1) is 11.8 Å². The van der Waals surface area contributed by atoms with E-state index in [0.717, 1.165) is 30.2 Å². The van der Waals surface area contributed by atoms with Crippen LogP contribution in [-0.4, -0.2) is 0 Å². The molecule has 1 N–H and O–H groups in total. The Balaban J connectivity index is 1.62. The van der Waals surface area contributed by atoms with Crippen molar-refractivity contribution >= 4 is 5.69 Å². The minimum atomic E-state index is 0.777. The van der Waals surface area contributed by atoms with E-state index in [2.05, 4.69) is 67.7 Å². The molecular weight excluding hydrogens is 266 g/mol. The zero-order valence-corrected chi connectivity index (χ0v) is 13.5. The highest BCUT2D eigenvalue weighted by Crippen LogP contribution is 2.61. The molecule has 0 saturated heterocycles. The van der Waals surface area contributed by atoms with Gasteiger partial charge in [-0.15, -0.1) is 0 Å². The molecule has 2 aliphatic rings. The van der Waals surface area contributed by atoms with Gasteiger partial charge >= 0.3 is 0 Å². The molecule has 1 fully saturated rings. The van der Waals surface area contributed by atoms with Crippen molar-refractivity contribution < 1.29 is 0 Å². The minimum absolute atomic E-state index is 0.777. The zero-order chi connectivity index (χ0) is 15.1. The smallest absolute Gasteiger partial charge is 0.0400 e. The van der Waals surface area contributed by atoms with Gasteiger partial charge in [-0.1, -0.05) is 56.3 Å². The maximum Gasteiger partial charge on any atom is 0.0400 e. The Bertz CT molecular complexity index is 659. The quantitative estimate of drug-likeness (QED) is 0.779. The van der Waals surface area contributed by atoms with Crippen LogP contribution in [0.15, 0.2) is 48.5 Å². The summed E-state index contributed by atoms with van der Waals surface area (Å²) in [4.78, 5) is 0. The fourth-order valence-electron chi connectivity index (χ4n) is 4.92. The number of hydrogen-bond donors (Lipinski definition) is 1. The molecule has 0 radical (unpaired) electrons. The monoisotopic (exact) mass is 291 g/mol. The topological polar surface area (TPSA) is 12.0 Å². The summed E-state index contributed by atoms with van der Waals surface area (Å²) in [5.74, 6) is 3.22. The maximum atomic E-state index is 3.71. The average Bonchev–Trinajstić information content (AvgIpc) is 3.11. The van der Waals surface area contributed by atoms with E-state index in [1.165, 1.54) is 24.1 Å². The molecule has 22 heavy (non-hydrogen) atoms. The summed E-state index contributed by atoms with van der Waals surface area (Å²) in [7, 11) is 0. The Morgan fingerprint density at radius 1 is 0.955 bits per heavy atom. The summed E-state index contributed by atoms with van der Waals surface area (Å²) in [6.07, 6.45) is 2.77. The molecule has 0 amide bonds. The third kappa shape index (κ3) is 2.15. The van der Waals surface area contributed by atoms with E-state index < -0.39 is 0 Å². The zero-order valence-electron chi connectivity index (χ0n) is 13.5. The van der Waals surface area contributed by atoms with Crippen LogP contribution in [0.4, 0.5) is 5.69 Å². The fraction of sp³-hybridized carbons (Fsp3) is 0.429.